The number of furan rings is 1. The number of benzene rings is 1. The Kier molecular flexibility index (Phi) is 4.86. The summed E-state index contributed by atoms with van der Waals surface area (Å²) in [5.41, 5.74) is 0.393. The van der Waals surface area contributed by atoms with Crippen LogP contribution in [-0.2, 0) is 16.4 Å². The molecule has 0 unspecified atom stereocenters. The summed E-state index contributed by atoms with van der Waals surface area (Å²) in [6, 6.07) is 5.69. The van der Waals surface area contributed by atoms with Crippen LogP contribution in [0.2, 0.25) is 0 Å². The van der Waals surface area contributed by atoms with Gasteiger partial charge in [-0.1, -0.05) is 12.1 Å². The fourth-order valence-corrected chi connectivity index (χ4v) is 3.72. The highest BCUT2D eigenvalue weighted by Crippen LogP contribution is 2.26. The van der Waals surface area contributed by atoms with E-state index in [1.54, 1.807) is 12.1 Å². The quantitative estimate of drug-likeness (QED) is 0.840. The van der Waals surface area contributed by atoms with Crippen LogP contribution in [0.15, 0.2) is 33.6 Å². The van der Waals surface area contributed by atoms with Crippen LogP contribution in [0.5, 0.6) is 0 Å². The Morgan fingerprint density at radius 3 is 2.39 bits per heavy atom. The van der Waals surface area contributed by atoms with Crippen molar-refractivity contribution in [1.82, 2.24) is 4.72 Å². The third-order valence-corrected chi connectivity index (χ3v) is 4.92. The van der Waals surface area contributed by atoms with Crippen LogP contribution >= 0.6 is 0 Å². The van der Waals surface area contributed by atoms with Crippen LogP contribution < -0.4 is 4.72 Å². The van der Waals surface area contributed by atoms with Crippen molar-refractivity contribution in [2.45, 2.75) is 25.2 Å². The largest absolute Gasteiger partial charge is 0.478 e. The first-order chi connectivity index (χ1) is 10.7. The topological polar surface area (TPSA) is 96.6 Å². The van der Waals surface area contributed by atoms with Crippen LogP contribution in [0, 0.1) is 19.7 Å². The molecule has 1 aromatic carbocycles. The number of hydrogen-bond acceptors (Lipinski definition) is 4. The fourth-order valence-electron chi connectivity index (χ4n) is 2.29. The first-order valence-corrected chi connectivity index (χ1v) is 8.28. The van der Waals surface area contributed by atoms with E-state index >= 15 is 0 Å². The normalized spacial score (nSPS) is 11.6. The Hall–Kier alpha value is -2.19. The second-order valence-corrected chi connectivity index (χ2v) is 6.70. The maximum absolute atomic E-state index is 12.8. The number of hydrogen-bond donors (Lipinski definition) is 2. The van der Waals surface area contributed by atoms with Crippen molar-refractivity contribution in [3.05, 3.63) is 52.7 Å². The minimum absolute atomic E-state index is 0.0224. The maximum atomic E-state index is 12.8. The van der Waals surface area contributed by atoms with E-state index < -0.39 is 16.0 Å². The Labute approximate surface area is 133 Å². The number of aryl methyl sites for hydroxylation is 2. The van der Waals surface area contributed by atoms with Gasteiger partial charge in [-0.05, 0) is 38.0 Å². The lowest BCUT2D eigenvalue weighted by molar-refractivity contribution is 0.0691. The summed E-state index contributed by atoms with van der Waals surface area (Å²) in [6.07, 6.45) is 0.345. The van der Waals surface area contributed by atoms with E-state index in [9.17, 15) is 17.6 Å². The molecule has 0 fully saturated rings. The molecule has 0 radical (unpaired) electrons. The zero-order valence-electron chi connectivity index (χ0n) is 12.6. The van der Waals surface area contributed by atoms with Gasteiger partial charge < -0.3 is 9.52 Å². The molecule has 0 amide bonds. The van der Waals surface area contributed by atoms with Crippen LogP contribution in [-0.4, -0.2) is 26.0 Å². The summed E-state index contributed by atoms with van der Waals surface area (Å²) in [5, 5.41) is 9.16. The highest BCUT2D eigenvalue weighted by atomic mass is 32.2. The van der Waals surface area contributed by atoms with Crippen LogP contribution in [0.1, 0.15) is 27.4 Å². The Morgan fingerprint density at radius 1 is 1.22 bits per heavy atom. The molecule has 23 heavy (non-hydrogen) atoms. The number of nitrogens with one attached hydrogen (secondary N) is 1. The number of carboxylic acids is 1. The van der Waals surface area contributed by atoms with Crippen molar-refractivity contribution >= 4 is 16.0 Å². The molecule has 8 heteroatoms. The van der Waals surface area contributed by atoms with E-state index in [1.165, 1.54) is 26.0 Å². The summed E-state index contributed by atoms with van der Waals surface area (Å²) in [7, 11) is -4.02. The van der Waals surface area contributed by atoms with Crippen LogP contribution in [0.3, 0.4) is 0 Å². The number of halogens is 1. The van der Waals surface area contributed by atoms with Gasteiger partial charge in [-0.25, -0.2) is 22.3 Å². The SMILES string of the molecule is Cc1oc(C)c(S(=O)(=O)NCCc2ccc(F)cc2)c1C(=O)O. The van der Waals surface area contributed by atoms with E-state index in [0.717, 1.165) is 5.56 Å². The van der Waals surface area contributed by atoms with Gasteiger partial charge >= 0.3 is 5.97 Å². The van der Waals surface area contributed by atoms with Gasteiger partial charge in [0.2, 0.25) is 10.0 Å². The monoisotopic (exact) mass is 341 g/mol. The standard InChI is InChI=1S/C15H16FNO5S/c1-9-13(15(18)19)14(10(2)22-9)23(20,21)17-8-7-11-3-5-12(16)6-4-11/h3-6,17H,7-8H2,1-2H3,(H,18,19). The number of carboxylic acid groups (broad SMARTS) is 1. The molecule has 2 aromatic rings. The lowest BCUT2D eigenvalue weighted by atomic mass is 10.1. The predicted octanol–water partition coefficient (Wildman–Crippen LogP) is 2.25. The molecule has 2 rings (SSSR count). The van der Waals surface area contributed by atoms with Gasteiger partial charge in [0, 0.05) is 6.54 Å². The van der Waals surface area contributed by atoms with Crippen molar-refractivity contribution < 1.29 is 27.1 Å². The van der Waals surface area contributed by atoms with Gasteiger partial charge in [-0.2, -0.15) is 0 Å². The lowest BCUT2D eigenvalue weighted by Gasteiger charge is -2.07. The maximum Gasteiger partial charge on any atom is 0.340 e. The Morgan fingerprint density at radius 2 is 1.83 bits per heavy atom. The minimum atomic E-state index is -4.02. The summed E-state index contributed by atoms with van der Waals surface area (Å²) >= 11 is 0. The molecular formula is C15H16FNO5S. The lowest BCUT2D eigenvalue weighted by Crippen LogP contribution is -2.27. The van der Waals surface area contributed by atoms with Gasteiger partial charge in [-0.3, -0.25) is 0 Å². The van der Waals surface area contributed by atoms with Crippen LogP contribution in [0.4, 0.5) is 4.39 Å². The summed E-state index contributed by atoms with van der Waals surface area (Å²) in [6.45, 7) is 2.85. The molecule has 0 aliphatic rings. The number of aromatic carboxylic acids is 1. The summed E-state index contributed by atoms with van der Waals surface area (Å²) in [5.74, 6) is -1.67. The molecule has 1 aromatic heterocycles. The summed E-state index contributed by atoms with van der Waals surface area (Å²) in [4.78, 5) is 10.9. The average molecular weight is 341 g/mol. The van der Waals surface area contributed by atoms with Crippen LogP contribution in [0.25, 0.3) is 0 Å². The molecule has 2 N–H and O–H groups in total. The highest BCUT2D eigenvalue weighted by molar-refractivity contribution is 7.89. The molecule has 0 saturated heterocycles. The number of sulfonamides is 1. The van der Waals surface area contributed by atoms with Gasteiger partial charge in [-0.15, -0.1) is 0 Å². The zero-order valence-corrected chi connectivity index (χ0v) is 13.4. The zero-order chi connectivity index (χ0) is 17.2. The molecule has 6 nitrogen and oxygen atoms in total. The van der Waals surface area contributed by atoms with Gasteiger partial charge in [0.15, 0.2) is 0 Å². The molecule has 0 bridgehead atoms. The Balaban J connectivity index is 2.16. The van der Waals surface area contributed by atoms with Crippen molar-refractivity contribution in [3.8, 4) is 0 Å². The highest BCUT2D eigenvalue weighted by Gasteiger charge is 2.30. The average Bonchev–Trinajstić information content (AvgIpc) is 2.76. The third kappa shape index (κ3) is 3.77. The van der Waals surface area contributed by atoms with E-state index in [-0.39, 0.29) is 34.3 Å². The van der Waals surface area contributed by atoms with Crippen molar-refractivity contribution in [2.24, 2.45) is 0 Å². The van der Waals surface area contributed by atoms with E-state index in [2.05, 4.69) is 4.72 Å². The van der Waals surface area contributed by atoms with Gasteiger partial charge in [0.1, 0.15) is 27.8 Å². The Bertz CT molecular complexity index is 824. The number of rotatable bonds is 6. The van der Waals surface area contributed by atoms with Crippen molar-refractivity contribution in [3.63, 3.8) is 0 Å². The molecule has 124 valence electrons. The summed E-state index contributed by atoms with van der Waals surface area (Å²) < 4.78 is 45.0. The van der Waals surface area contributed by atoms with Crippen molar-refractivity contribution in [2.75, 3.05) is 6.54 Å². The minimum Gasteiger partial charge on any atom is -0.478 e. The fraction of sp³-hybridized carbons (Fsp3) is 0.267. The molecule has 0 aliphatic carbocycles. The molecule has 0 saturated carbocycles. The van der Waals surface area contributed by atoms with E-state index in [4.69, 9.17) is 9.52 Å². The third-order valence-electron chi connectivity index (χ3n) is 3.31. The van der Waals surface area contributed by atoms with Gasteiger partial charge in [0.05, 0.1) is 0 Å². The molecule has 1 heterocycles. The van der Waals surface area contributed by atoms with E-state index in [0.29, 0.717) is 6.42 Å². The second kappa shape index (κ2) is 6.51. The number of carbonyl (C=O) groups is 1. The second-order valence-electron chi connectivity index (χ2n) is 5.00. The molecule has 0 aliphatic heterocycles. The molecule has 0 atom stereocenters. The predicted molar refractivity (Wildman–Crippen MR) is 80.4 cm³/mol. The molecular weight excluding hydrogens is 325 g/mol. The smallest absolute Gasteiger partial charge is 0.340 e. The first-order valence-electron chi connectivity index (χ1n) is 6.80. The first kappa shape index (κ1) is 17.2. The van der Waals surface area contributed by atoms with E-state index in [1.807, 2.05) is 0 Å². The van der Waals surface area contributed by atoms with Crippen molar-refractivity contribution in [1.29, 1.82) is 0 Å². The van der Waals surface area contributed by atoms with Gasteiger partial charge in [0.25, 0.3) is 0 Å². The molecule has 0 spiro atoms.